The van der Waals surface area contributed by atoms with Gasteiger partial charge in [-0.05, 0) is 16.7 Å². The Kier molecular flexibility index (Phi) is 3.52. The maximum atomic E-state index is 12.5. The summed E-state index contributed by atoms with van der Waals surface area (Å²) in [5, 5.41) is 0. The SMILES string of the molecule is O=C(c1ccc(-c2ccccc2)cc1)[C@H]1O[C@@H]1c1ccccc1. The van der Waals surface area contributed by atoms with Gasteiger partial charge < -0.3 is 4.74 Å². The predicted molar refractivity (Wildman–Crippen MR) is 90.3 cm³/mol. The van der Waals surface area contributed by atoms with Crippen LogP contribution in [0.25, 0.3) is 11.1 Å². The summed E-state index contributed by atoms with van der Waals surface area (Å²) in [4.78, 5) is 12.5. The van der Waals surface area contributed by atoms with Gasteiger partial charge in [-0.15, -0.1) is 0 Å². The van der Waals surface area contributed by atoms with Crippen molar-refractivity contribution in [3.63, 3.8) is 0 Å². The monoisotopic (exact) mass is 300 g/mol. The summed E-state index contributed by atoms with van der Waals surface area (Å²) >= 11 is 0. The minimum atomic E-state index is -0.347. The number of ether oxygens (including phenoxy) is 1. The van der Waals surface area contributed by atoms with Gasteiger partial charge in [-0.1, -0.05) is 84.9 Å². The van der Waals surface area contributed by atoms with E-state index in [1.165, 1.54) is 0 Å². The third kappa shape index (κ3) is 2.81. The van der Waals surface area contributed by atoms with Crippen LogP contribution < -0.4 is 0 Å². The molecule has 0 amide bonds. The second-order valence-electron chi connectivity index (χ2n) is 5.70. The third-order valence-corrected chi connectivity index (χ3v) is 4.15. The maximum Gasteiger partial charge on any atom is 0.194 e. The number of carbonyl (C=O) groups is 1. The van der Waals surface area contributed by atoms with Gasteiger partial charge in [-0.25, -0.2) is 0 Å². The molecular weight excluding hydrogens is 284 g/mol. The summed E-state index contributed by atoms with van der Waals surface area (Å²) < 4.78 is 5.58. The first-order valence-corrected chi connectivity index (χ1v) is 7.73. The zero-order valence-corrected chi connectivity index (χ0v) is 12.6. The van der Waals surface area contributed by atoms with Crippen molar-refractivity contribution in [1.82, 2.24) is 0 Å². The van der Waals surface area contributed by atoms with E-state index < -0.39 is 0 Å². The van der Waals surface area contributed by atoms with E-state index in [1.54, 1.807) is 0 Å². The molecule has 1 saturated heterocycles. The Hall–Kier alpha value is -2.71. The lowest BCUT2D eigenvalue weighted by Gasteiger charge is -2.03. The molecule has 3 aromatic carbocycles. The Labute approximate surface area is 135 Å². The smallest absolute Gasteiger partial charge is 0.194 e. The van der Waals surface area contributed by atoms with Crippen molar-refractivity contribution in [3.8, 4) is 11.1 Å². The van der Waals surface area contributed by atoms with Crippen LogP contribution in [0.3, 0.4) is 0 Å². The van der Waals surface area contributed by atoms with Crippen molar-refractivity contribution in [2.75, 3.05) is 0 Å². The normalized spacial score (nSPS) is 19.3. The van der Waals surface area contributed by atoms with Crippen LogP contribution in [0.4, 0.5) is 0 Å². The van der Waals surface area contributed by atoms with Gasteiger partial charge in [0.1, 0.15) is 6.10 Å². The van der Waals surface area contributed by atoms with Crippen molar-refractivity contribution in [2.45, 2.75) is 12.2 Å². The van der Waals surface area contributed by atoms with Gasteiger partial charge in [0.25, 0.3) is 0 Å². The molecule has 23 heavy (non-hydrogen) atoms. The molecule has 0 bridgehead atoms. The average Bonchev–Trinajstić information content (AvgIpc) is 3.44. The van der Waals surface area contributed by atoms with Crippen LogP contribution in [-0.4, -0.2) is 11.9 Å². The highest BCUT2D eigenvalue weighted by molar-refractivity contribution is 6.01. The van der Waals surface area contributed by atoms with Crippen LogP contribution in [-0.2, 0) is 4.74 Å². The molecule has 0 spiro atoms. The van der Waals surface area contributed by atoms with Gasteiger partial charge in [0.2, 0.25) is 0 Å². The highest BCUT2D eigenvalue weighted by atomic mass is 16.6. The molecule has 0 aliphatic carbocycles. The van der Waals surface area contributed by atoms with Crippen molar-refractivity contribution in [3.05, 3.63) is 96.1 Å². The van der Waals surface area contributed by atoms with Crippen molar-refractivity contribution < 1.29 is 9.53 Å². The van der Waals surface area contributed by atoms with E-state index in [-0.39, 0.29) is 18.0 Å². The number of Topliss-reactive ketones (excluding diaryl/α,β-unsaturated/α-hetero) is 1. The molecule has 0 aromatic heterocycles. The molecule has 2 heteroatoms. The lowest BCUT2D eigenvalue weighted by atomic mass is 9.99. The van der Waals surface area contributed by atoms with E-state index in [4.69, 9.17) is 4.74 Å². The average molecular weight is 300 g/mol. The zero-order valence-electron chi connectivity index (χ0n) is 12.6. The lowest BCUT2D eigenvalue weighted by molar-refractivity contribution is 0.0953. The topological polar surface area (TPSA) is 29.6 Å². The Morgan fingerprint density at radius 3 is 1.91 bits per heavy atom. The first-order valence-electron chi connectivity index (χ1n) is 7.73. The first-order chi connectivity index (χ1) is 11.3. The molecule has 1 heterocycles. The fourth-order valence-electron chi connectivity index (χ4n) is 2.83. The van der Waals surface area contributed by atoms with Gasteiger partial charge in [0.15, 0.2) is 11.9 Å². The molecule has 1 fully saturated rings. The van der Waals surface area contributed by atoms with Crippen LogP contribution in [0, 0.1) is 0 Å². The standard InChI is InChI=1S/C21H16O2/c22-19(21-20(23-21)18-9-5-2-6-10-18)17-13-11-16(12-14-17)15-7-3-1-4-8-15/h1-14,20-21H/t20-,21-/m1/s1. The largest absolute Gasteiger partial charge is 0.356 e. The fraction of sp³-hybridized carbons (Fsp3) is 0.0952. The molecule has 0 unspecified atom stereocenters. The molecule has 112 valence electrons. The molecule has 1 aliphatic heterocycles. The number of benzene rings is 3. The van der Waals surface area contributed by atoms with Crippen LogP contribution in [0.1, 0.15) is 22.0 Å². The second kappa shape index (κ2) is 5.82. The number of hydrogen-bond donors (Lipinski definition) is 0. The van der Waals surface area contributed by atoms with Crippen LogP contribution in [0.2, 0.25) is 0 Å². The second-order valence-corrected chi connectivity index (χ2v) is 5.70. The molecule has 0 saturated carbocycles. The number of rotatable bonds is 4. The summed E-state index contributed by atoms with van der Waals surface area (Å²) in [6.07, 6.45) is -0.447. The maximum absolute atomic E-state index is 12.5. The lowest BCUT2D eigenvalue weighted by Crippen LogP contribution is -2.08. The number of hydrogen-bond acceptors (Lipinski definition) is 2. The third-order valence-electron chi connectivity index (χ3n) is 4.15. The van der Waals surface area contributed by atoms with Crippen LogP contribution >= 0.6 is 0 Å². The van der Waals surface area contributed by atoms with Crippen molar-refractivity contribution in [2.24, 2.45) is 0 Å². The number of epoxide rings is 1. The molecular formula is C21H16O2. The quantitative estimate of drug-likeness (QED) is 0.517. The Bertz CT molecular complexity index is 807. The molecule has 2 nitrogen and oxygen atoms in total. The molecule has 0 radical (unpaired) electrons. The van der Waals surface area contributed by atoms with E-state index in [2.05, 4.69) is 12.1 Å². The van der Waals surface area contributed by atoms with Gasteiger partial charge in [-0.2, -0.15) is 0 Å². The summed E-state index contributed by atoms with van der Waals surface area (Å²) in [6, 6.07) is 27.8. The van der Waals surface area contributed by atoms with E-state index in [0.717, 1.165) is 16.7 Å². The van der Waals surface area contributed by atoms with Gasteiger partial charge in [0, 0.05) is 5.56 Å². The van der Waals surface area contributed by atoms with Gasteiger partial charge in [0.05, 0.1) is 0 Å². The summed E-state index contributed by atoms with van der Waals surface area (Å²) in [5.41, 5.74) is 4.02. The van der Waals surface area contributed by atoms with Gasteiger partial charge >= 0.3 is 0 Å². The fourth-order valence-corrected chi connectivity index (χ4v) is 2.83. The minimum Gasteiger partial charge on any atom is -0.356 e. The minimum absolute atomic E-state index is 0.0541. The molecule has 0 N–H and O–H groups in total. The molecule has 2 atom stereocenters. The zero-order chi connectivity index (χ0) is 15.6. The number of carbonyl (C=O) groups excluding carboxylic acids is 1. The predicted octanol–water partition coefficient (Wildman–Crippen LogP) is 4.68. The van der Waals surface area contributed by atoms with Crippen molar-refractivity contribution in [1.29, 1.82) is 0 Å². The summed E-state index contributed by atoms with van der Waals surface area (Å²) in [6.45, 7) is 0. The Morgan fingerprint density at radius 1 is 0.696 bits per heavy atom. The van der Waals surface area contributed by atoms with Gasteiger partial charge in [-0.3, -0.25) is 4.79 Å². The van der Waals surface area contributed by atoms with Crippen molar-refractivity contribution >= 4 is 5.78 Å². The highest BCUT2D eigenvalue weighted by Crippen LogP contribution is 2.40. The van der Waals surface area contributed by atoms with Crippen LogP contribution in [0.15, 0.2) is 84.9 Å². The summed E-state index contributed by atoms with van der Waals surface area (Å²) in [7, 11) is 0. The molecule has 1 aliphatic rings. The Balaban J connectivity index is 1.50. The summed E-state index contributed by atoms with van der Waals surface area (Å²) in [5.74, 6) is 0.0541. The molecule has 3 aromatic rings. The van der Waals surface area contributed by atoms with E-state index in [1.807, 2.05) is 72.8 Å². The Morgan fingerprint density at radius 2 is 1.26 bits per heavy atom. The van der Waals surface area contributed by atoms with E-state index in [9.17, 15) is 4.79 Å². The first kappa shape index (κ1) is 13.9. The van der Waals surface area contributed by atoms with E-state index >= 15 is 0 Å². The highest BCUT2D eigenvalue weighted by Gasteiger charge is 2.45. The molecule has 4 rings (SSSR count). The van der Waals surface area contributed by atoms with E-state index in [0.29, 0.717) is 5.56 Å². The van der Waals surface area contributed by atoms with Crippen LogP contribution in [0.5, 0.6) is 0 Å². The number of ketones is 1.